The second-order valence-corrected chi connectivity index (χ2v) is 6.85. The Bertz CT molecular complexity index is 1210. The highest BCUT2D eigenvalue weighted by molar-refractivity contribution is 6.27. The fourth-order valence-corrected chi connectivity index (χ4v) is 3.32. The predicted molar refractivity (Wildman–Crippen MR) is 113 cm³/mol. The second-order valence-electron chi connectivity index (χ2n) is 6.85. The molecule has 0 aliphatic carbocycles. The van der Waals surface area contributed by atoms with E-state index in [9.17, 15) is 18.4 Å². The third kappa shape index (κ3) is 4.63. The van der Waals surface area contributed by atoms with Crippen LogP contribution >= 0.6 is 0 Å². The fourth-order valence-electron chi connectivity index (χ4n) is 3.32. The number of hydrogen-bond donors (Lipinski definition) is 1. The van der Waals surface area contributed by atoms with Crippen molar-refractivity contribution < 1.29 is 27.8 Å². The Hall–Kier alpha value is -4.35. The summed E-state index contributed by atoms with van der Waals surface area (Å²) < 4.78 is 35.0. The van der Waals surface area contributed by atoms with Crippen LogP contribution in [-0.2, 0) is 11.2 Å². The number of halogens is 2. The number of benzene rings is 1. The van der Waals surface area contributed by atoms with Crippen LogP contribution in [0.2, 0.25) is 0 Å². The first-order valence-electron chi connectivity index (χ1n) is 9.79. The van der Waals surface area contributed by atoms with Gasteiger partial charge in [-0.3, -0.25) is 14.7 Å². The van der Waals surface area contributed by atoms with Gasteiger partial charge in [0, 0.05) is 18.3 Å². The number of pyridine rings is 1. The van der Waals surface area contributed by atoms with Gasteiger partial charge in [0.1, 0.15) is 18.0 Å². The summed E-state index contributed by atoms with van der Waals surface area (Å²) in [5.74, 6) is 0.0426. The number of carbonyl (C=O) groups excluding carboxylic acids is 2. The number of anilines is 3. The maximum Gasteiger partial charge on any atom is 0.387 e. The summed E-state index contributed by atoms with van der Waals surface area (Å²) in [6.45, 7) is -1.45. The minimum absolute atomic E-state index is 0.0608. The standard InChI is InChI=1S/C21H18F2N6O4/c1-2-12-7-14(32-17-5-6-26-20(24)27-17)3-4-16(12)29-18(30)11-28(21(29)31)13-8-15(10-25-9-13)33-19(22)23/h3-10,19H,2,11H2,1H3,(H2,24,26,27). The number of ether oxygens (including phenoxy) is 2. The van der Waals surface area contributed by atoms with Gasteiger partial charge in [-0.25, -0.2) is 14.7 Å². The molecule has 3 amide bonds. The number of nitrogens with two attached hydrogens (primary N) is 1. The van der Waals surface area contributed by atoms with Crippen LogP contribution in [-0.4, -0.2) is 40.0 Å². The van der Waals surface area contributed by atoms with Gasteiger partial charge >= 0.3 is 12.6 Å². The number of alkyl halides is 2. The van der Waals surface area contributed by atoms with Crippen LogP contribution in [0.15, 0.2) is 48.9 Å². The van der Waals surface area contributed by atoms with Crippen molar-refractivity contribution in [3.63, 3.8) is 0 Å². The van der Waals surface area contributed by atoms with Crippen molar-refractivity contribution in [1.82, 2.24) is 15.0 Å². The molecule has 1 saturated heterocycles. The first-order chi connectivity index (χ1) is 15.9. The Balaban J connectivity index is 1.59. The topological polar surface area (TPSA) is 124 Å². The summed E-state index contributed by atoms with van der Waals surface area (Å²) in [4.78, 5) is 39.6. The van der Waals surface area contributed by atoms with Crippen molar-refractivity contribution in [1.29, 1.82) is 0 Å². The molecule has 0 spiro atoms. The molecule has 3 heterocycles. The van der Waals surface area contributed by atoms with E-state index in [1.807, 2.05) is 6.92 Å². The Kier molecular flexibility index (Phi) is 5.98. The van der Waals surface area contributed by atoms with E-state index in [4.69, 9.17) is 10.5 Å². The van der Waals surface area contributed by atoms with E-state index in [-0.39, 0.29) is 29.8 Å². The van der Waals surface area contributed by atoms with Crippen LogP contribution in [0.3, 0.4) is 0 Å². The summed E-state index contributed by atoms with van der Waals surface area (Å²) in [5.41, 5.74) is 6.78. The van der Waals surface area contributed by atoms with Gasteiger partial charge in [-0.05, 0) is 30.2 Å². The lowest BCUT2D eigenvalue weighted by Crippen LogP contribution is -2.33. The van der Waals surface area contributed by atoms with Crippen LogP contribution in [0, 0.1) is 0 Å². The minimum Gasteiger partial charge on any atom is -0.439 e. The number of urea groups is 1. The molecule has 170 valence electrons. The minimum atomic E-state index is -3.04. The molecule has 33 heavy (non-hydrogen) atoms. The summed E-state index contributed by atoms with van der Waals surface area (Å²) in [7, 11) is 0. The van der Waals surface area contributed by atoms with Crippen molar-refractivity contribution in [2.45, 2.75) is 20.0 Å². The molecule has 12 heteroatoms. The fraction of sp³-hybridized carbons (Fsp3) is 0.190. The van der Waals surface area contributed by atoms with Gasteiger partial charge in [-0.15, -0.1) is 0 Å². The molecule has 2 N–H and O–H groups in total. The number of aryl methyl sites for hydroxylation is 1. The number of hydrogen-bond acceptors (Lipinski definition) is 8. The summed E-state index contributed by atoms with van der Waals surface area (Å²) >= 11 is 0. The molecule has 1 aliphatic rings. The number of rotatable bonds is 7. The van der Waals surface area contributed by atoms with Gasteiger partial charge in [-0.2, -0.15) is 13.8 Å². The average Bonchev–Trinajstić information content (AvgIpc) is 3.07. The summed E-state index contributed by atoms with van der Waals surface area (Å²) in [5, 5.41) is 0. The van der Waals surface area contributed by atoms with E-state index in [0.717, 1.165) is 16.0 Å². The zero-order valence-corrected chi connectivity index (χ0v) is 17.3. The average molecular weight is 456 g/mol. The highest BCUT2D eigenvalue weighted by Crippen LogP contribution is 2.33. The second kappa shape index (κ2) is 9.02. The molecular formula is C21H18F2N6O4. The quantitative estimate of drug-likeness (QED) is 0.537. The van der Waals surface area contributed by atoms with Crippen molar-refractivity contribution >= 4 is 29.3 Å². The number of amides is 3. The Labute approximate surface area is 186 Å². The Morgan fingerprint density at radius 1 is 1.15 bits per heavy atom. The maximum absolute atomic E-state index is 13.1. The molecular weight excluding hydrogens is 438 g/mol. The summed E-state index contributed by atoms with van der Waals surface area (Å²) in [6.07, 6.45) is 4.33. The lowest BCUT2D eigenvalue weighted by atomic mass is 10.1. The van der Waals surface area contributed by atoms with E-state index < -0.39 is 18.5 Å². The van der Waals surface area contributed by atoms with E-state index >= 15 is 0 Å². The normalized spacial score (nSPS) is 13.7. The molecule has 4 rings (SSSR count). The lowest BCUT2D eigenvalue weighted by Gasteiger charge is -2.20. The summed E-state index contributed by atoms with van der Waals surface area (Å²) in [6, 6.07) is 7.00. The molecule has 0 bridgehead atoms. The smallest absolute Gasteiger partial charge is 0.387 e. The molecule has 1 aromatic carbocycles. The molecule has 2 aromatic heterocycles. The van der Waals surface area contributed by atoms with Gasteiger partial charge in [-0.1, -0.05) is 6.92 Å². The van der Waals surface area contributed by atoms with Gasteiger partial charge in [0.15, 0.2) is 0 Å². The van der Waals surface area contributed by atoms with Crippen LogP contribution in [0.1, 0.15) is 12.5 Å². The number of imide groups is 1. The molecule has 0 atom stereocenters. The van der Waals surface area contributed by atoms with E-state index in [1.54, 1.807) is 24.3 Å². The van der Waals surface area contributed by atoms with E-state index in [0.29, 0.717) is 23.4 Å². The van der Waals surface area contributed by atoms with Crippen LogP contribution < -0.4 is 25.0 Å². The molecule has 0 radical (unpaired) electrons. The van der Waals surface area contributed by atoms with Crippen LogP contribution in [0.5, 0.6) is 17.4 Å². The molecule has 3 aromatic rings. The lowest BCUT2D eigenvalue weighted by molar-refractivity contribution is -0.115. The maximum atomic E-state index is 13.1. The first-order valence-corrected chi connectivity index (χ1v) is 9.79. The number of nitrogen functional groups attached to an aromatic ring is 1. The van der Waals surface area contributed by atoms with E-state index in [2.05, 4.69) is 19.7 Å². The molecule has 10 nitrogen and oxygen atoms in total. The molecule has 0 unspecified atom stereocenters. The van der Waals surface area contributed by atoms with Gasteiger partial charge < -0.3 is 15.2 Å². The van der Waals surface area contributed by atoms with Crippen molar-refractivity contribution in [3.05, 3.63) is 54.5 Å². The zero-order valence-electron chi connectivity index (χ0n) is 17.3. The highest BCUT2D eigenvalue weighted by atomic mass is 19.3. The van der Waals surface area contributed by atoms with Gasteiger partial charge in [0.05, 0.1) is 23.8 Å². The monoisotopic (exact) mass is 456 g/mol. The first kappa shape index (κ1) is 21.9. The van der Waals surface area contributed by atoms with Gasteiger partial charge in [0.25, 0.3) is 5.91 Å². The Morgan fingerprint density at radius 3 is 2.70 bits per heavy atom. The zero-order chi connectivity index (χ0) is 23.5. The molecule has 1 aliphatic heterocycles. The number of nitrogens with zero attached hydrogens (tertiary/aromatic N) is 5. The van der Waals surface area contributed by atoms with E-state index in [1.165, 1.54) is 18.5 Å². The number of carbonyl (C=O) groups is 2. The third-order valence-electron chi connectivity index (χ3n) is 4.74. The van der Waals surface area contributed by atoms with Crippen molar-refractivity contribution in [3.8, 4) is 17.4 Å². The largest absolute Gasteiger partial charge is 0.439 e. The predicted octanol–water partition coefficient (Wildman–Crippen LogP) is 3.38. The van der Waals surface area contributed by atoms with Crippen LogP contribution in [0.4, 0.5) is 30.9 Å². The van der Waals surface area contributed by atoms with Gasteiger partial charge in [0.2, 0.25) is 11.8 Å². The molecule has 1 fully saturated rings. The highest BCUT2D eigenvalue weighted by Gasteiger charge is 2.39. The van der Waals surface area contributed by atoms with Crippen molar-refractivity contribution in [2.75, 3.05) is 22.1 Å². The molecule has 0 saturated carbocycles. The number of aromatic nitrogens is 3. The third-order valence-corrected chi connectivity index (χ3v) is 4.74. The Morgan fingerprint density at radius 2 is 1.97 bits per heavy atom. The SMILES string of the molecule is CCc1cc(Oc2ccnc(N)n2)ccc1N1C(=O)CN(c2cncc(OC(F)F)c2)C1=O. The van der Waals surface area contributed by atoms with Crippen LogP contribution in [0.25, 0.3) is 0 Å². The van der Waals surface area contributed by atoms with Crippen molar-refractivity contribution in [2.24, 2.45) is 0 Å².